The molecule has 1 saturated heterocycles. The fraction of sp³-hybridized carbons (Fsp3) is 1.00. The molecule has 0 aromatic heterocycles. The zero-order valence-corrected chi connectivity index (χ0v) is 13.8. The van der Waals surface area contributed by atoms with Crippen LogP contribution in [0, 0.1) is 11.3 Å². The lowest BCUT2D eigenvalue weighted by Crippen LogP contribution is -2.47. The van der Waals surface area contributed by atoms with E-state index >= 15 is 0 Å². The van der Waals surface area contributed by atoms with Crippen molar-refractivity contribution in [2.45, 2.75) is 52.5 Å². The van der Waals surface area contributed by atoms with Gasteiger partial charge in [-0.3, -0.25) is 0 Å². The van der Waals surface area contributed by atoms with E-state index in [1.807, 2.05) is 0 Å². The van der Waals surface area contributed by atoms with E-state index in [0.29, 0.717) is 19.0 Å². The Balaban J connectivity index is 1.75. The van der Waals surface area contributed by atoms with E-state index in [2.05, 4.69) is 30.8 Å². The first kappa shape index (κ1) is 16.2. The molecule has 0 aromatic rings. The van der Waals surface area contributed by atoms with E-state index in [1.165, 1.54) is 0 Å². The Morgan fingerprint density at radius 2 is 1.85 bits per heavy atom. The molecular weight excluding hydrogens is 274 g/mol. The first-order valence-electron chi connectivity index (χ1n) is 7.83. The fourth-order valence-electron chi connectivity index (χ4n) is 2.76. The lowest BCUT2D eigenvalue weighted by molar-refractivity contribution is 0.265. The minimum absolute atomic E-state index is 0.122. The lowest BCUT2D eigenvalue weighted by Gasteiger charge is -2.31. The summed E-state index contributed by atoms with van der Waals surface area (Å²) < 4.78 is 29.0. The number of nitrogens with zero attached hydrogens (tertiary/aromatic N) is 1. The van der Waals surface area contributed by atoms with Crippen molar-refractivity contribution < 1.29 is 8.42 Å². The zero-order valence-electron chi connectivity index (χ0n) is 13.0. The molecule has 0 radical (unpaired) electrons. The smallest absolute Gasteiger partial charge is 0.279 e. The average molecular weight is 303 g/mol. The minimum atomic E-state index is -3.28. The summed E-state index contributed by atoms with van der Waals surface area (Å²) >= 11 is 0. The third-order valence-electron chi connectivity index (χ3n) is 4.58. The van der Waals surface area contributed by atoms with Crippen LogP contribution in [-0.2, 0) is 10.2 Å². The van der Waals surface area contributed by atoms with E-state index in [1.54, 1.807) is 4.31 Å². The summed E-state index contributed by atoms with van der Waals surface area (Å²) in [6.07, 6.45) is 4.02. The van der Waals surface area contributed by atoms with Gasteiger partial charge in [0.1, 0.15) is 0 Å². The molecule has 20 heavy (non-hydrogen) atoms. The molecule has 2 fully saturated rings. The van der Waals surface area contributed by atoms with Gasteiger partial charge in [-0.25, -0.2) is 0 Å². The Morgan fingerprint density at radius 3 is 2.35 bits per heavy atom. The Bertz CT molecular complexity index is 414. The van der Waals surface area contributed by atoms with E-state index in [-0.39, 0.29) is 11.5 Å². The van der Waals surface area contributed by atoms with Crippen LogP contribution < -0.4 is 10.0 Å². The molecule has 1 aliphatic carbocycles. The summed E-state index contributed by atoms with van der Waals surface area (Å²) in [5.41, 5.74) is 0.134. The maximum atomic E-state index is 12.3. The van der Waals surface area contributed by atoms with Crippen LogP contribution in [0.5, 0.6) is 0 Å². The number of piperidine rings is 1. The monoisotopic (exact) mass is 303 g/mol. The molecule has 0 spiro atoms. The number of hydrogen-bond donors (Lipinski definition) is 2. The van der Waals surface area contributed by atoms with Gasteiger partial charge in [-0.1, -0.05) is 20.8 Å². The molecule has 2 N–H and O–H groups in total. The van der Waals surface area contributed by atoms with E-state index in [0.717, 1.165) is 38.8 Å². The molecule has 1 unspecified atom stereocenters. The number of nitrogens with one attached hydrogen (secondary N) is 2. The largest absolute Gasteiger partial charge is 0.316 e. The third kappa shape index (κ3) is 4.16. The molecule has 0 aromatic carbocycles. The van der Waals surface area contributed by atoms with Crippen LogP contribution in [-0.4, -0.2) is 44.9 Å². The van der Waals surface area contributed by atoms with Crippen LogP contribution in [0.15, 0.2) is 0 Å². The van der Waals surface area contributed by atoms with Crippen molar-refractivity contribution in [1.29, 1.82) is 0 Å². The highest BCUT2D eigenvalue weighted by atomic mass is 32.2. The normalized spacial score (nSPS) is 27.6. The van der Waals surface area contributed by atoms with Gasteiger partial charge in [0, 0.05) is 19.1 Å². The molecule has 6 heteroatoms. The van der Waals surface area contributed by atoms with Gasteiger partial charge in [0.2, 0.25) is 0 Å². The van der Waals surface area contributed by atoms with Crippen LogP contribution in [0.3, 0.4) is 0 Å². The van der Waals surface area contributed by atoms with Crippen molar-refractivity contribution in [3.63, 3.8) is 0 Å². The van der Waals surface area contributed by atoms with E-state index in [9.17, 15) is 8.42 Å². The van der Waals surface area contributed by atoms with Crippen molar-refractivity contribution in [1.82, 2.24) is 14.3 Å². The molecule has 2 aliphatic rings. The predicted molar refractivity (Wildman–Crippen MR) is 81.7 cm³/mol. The quantitative estimate of drug-likeness (QED) is 0.698. The van der Waals surface area contributed by atoms with Crippen LogP contribution in [0.4, 0.5) is 0 Å². The zero-order chi connectivity index (χ0) is 14.8. The van der Waals surface area contributed by atoms with Gasteiger partial charge in [-0.15, -0.1) is 0 Å². The first-order chi connectivity index (χ1) is 9.35. The summed E-state index contributed by atoms with van der Waals surface area (Å²) in [4.78, 5) is 0. The average Bonchev–Trinajstić information content (AvgIpc) is 2.96. The van der Waals surface area contributed by atoms with Crippen molar-refractivity contribution in [2.75, 3.05) is 26.2 Å². The van der Waals surface area contributed by atoms with Crippen molar-refractivity contribution >= 4 is 10.2 Å². The van der Waals surface area contributed by atoms with Crippen LogP contribution in [0.25, 0.3) is 0 Å². The molecule has 5 nitrogen and oxygen atoms in total. The van der Waals surface area contributed by atoms with Gasteiger partial charge >= 0.3 is 0 Å². The number of rotatable bonds is 7. The van der Waals surface area contributed by atoms with Gasteiger partial charge in [0.25, 0.3) is 10.2 Å². The molecule has 118 valence electrons. The van der Waals surface area contributed by atoms with Crippen molar-refractivity contribution in [3.8, 4) is 0 Å². The van der Waals surface area contributed by atoms with Crippen molar-refractivity contribution in [3.05, 3.63) is 0 Å². The molecule has 0 bridgehead atoms. The fourth-order valence-corrected chi connectivity index (χ4v) is 4.36. The first-order valence-corrected chi connectivity index (χ1v) is 9.27. The second-order valence-electron chi connectivity index (χ2n) is 6.91. The summed E-state index contributed by atoms with van der Waals surface area (Å²) in [6.45, 7) is 9.74. The Labute approximate surface area is 123 Å². The van der Waals surface area contributed by atoms with Crippen molar-refractivity contribution in [2.24, 2.45) is 11.3 Å². The highest BCUT2D eigenvalue weighted by molar-refractivity contribution is 7.87. The molecule has 1 aliphatic heterocycles. The Morgan fingerprint density at radius 1 is 1.25 bits per heavy atom. The highest BCUT2D eigenvalue weighted by Crippen LogP contribution is 2.45. The lowest BCUT2D eigenvalue weighted by atomic mass is 9.98. The predicted octanol–water partition coefficient (Wildman–Crippen LogP) is 1.33. The molecule has 2 rings (SSSR count). The molecule has 1 atom stereocenters. The Kier molecular flexibility index (Phi) is 5.10. The summed E-state index contributed by atoms with van der Waals surface area (Å²) in [7, 11) is -3.28. The minimum Gasteiger partial charge on any atom is -0.316 e. The van der Waals surface area contributed by atoms with Gasteiger partial charge < -0.3 is 5.32 Å². The van der Waals surface area contributed by atoms with Crippen LogP contribution >= 0.6 is 0 Å². The number of hydrogen-bond acceptors (Lipinski definition) is 3. The maximum Gasteiger partial charge on any atom is 0.279 e. The van der Waals surface area contributed by atoms with Gasteiger partial charge in [0.15, 0.2) is 0 Å². The second kappa shape index (κ2) is 6.30. The molecular formula is C14H29N3O2S. The summed E-state index contributed by atoms with van der Waals surface area (Å²) in [5.74, 6) is 0.616. The van der Waals surface area contributed by atoms with Crippen LogP contribution in [0.1, 0.15) is 46.5 Å². The van der Waals surface area contributed by atoms with E-state index < -0.39 is 10.2 Å². The van der Waals surface area contributed by atoms with Gasteiger partial charge in [-0.2, -0.15) is 17.4 Å². The highest BCUT2D eigenvalue weighted by Gasteiger charge is 2.48. The summed E-state index contributed by atoms with van der Waals surface area (Å²) in [5, 5.41) is 3.43. The molecule has 0 amide bonds. The van der Waals surface area contributed by atoms with Crippen LogP contribution in [0.2, 0.25) is 0 Å². The SMILES string of the molecule is CCCNCC1CCN(S(=O)(=O)NC2CC2(C)C)CC1. The molecule has 1 heterocycles. The standard InChI is InChI=1S/C14H29N3O2S/c1-4-7-15-11-12-5-8-17(9-6-12)20(18,19)16-13-10-14(13,2)3/h12-13,15-16H,4-11H2,1-3H3. The maximum absolute atomic E-state index is 12.3. The topological polar surface area (TPSA) is 61.4 Å². The van der Waals surface area contributed by atoms with Gasteiger partial charge in [0.05, 0.1) is 0 Å². The van der Waals surface area contributed by atoms with Gasteiger partial charge in [-0.05, 0) is 50.1 Å². The second-order valence-corrected chi connectivity index (χ2v) is 8.62. The third-order valence-corrected chi connectivity index (χ3v) is 6.21. The Hall–Kier alpha value is -0.170. The molecule has 1 saturated carbocycles. The summed E-state index contributed by atoms with van der Waals surface area (Å²) in [6, 6.07) is 0.122. The van der Waals surface area contributed by atoms with E-state index in [4.69, 9.17) is 0 Å².